The summed E-state index contributed by atoms with van der Waals surface area (Å²) in [5.74, 6) is -3.17. The number of nitrogens with zero attached hydrogens (tertiary/aromatic N) is 2. The van der Waals surface area contributed by atoms with Gasteiger partial charge in [-0.3, -0.25) is 0 Å². The summed E-state index contributed by atoms with van der Waals surface area (Å²) < 4.78 is 33.2. The molecular formula is C29H31F2N2O2Si+. The maximum Gasteiger partial charge on any atom is 0.335 e. The third-order valence-electron chi connectivity index (χ3n) is 7.24. The van der Waals surface area contributed by atoms with Gasteiger partial charge in [-0.15, -0.1) is 6.58 Å². The SMILES string of the molecule is C=C[Si]1(C)C2=CC(=[N+](C)C)C(C)=CC2=C(c2c(F)cc(C(=O)O)cc2F)c2cc(C)c(N(C)C)cc21. The number of carboxylic acid groups (broad SMARTS) is 1. The van der Waals surface area contributed by atoms with Crippen LogP contribution in [0.2, 0.25) is 6.55 Å². The van der Waals surface area contributed by atoms with E-state index in [2.05, 4.69) is 25.3 Å². The summed E-state index contributed by atoms with van der Waals surface area (Å²) >= 11 is 0. The van der Waals surface area contributed by atoms with E-state index in [1.54, 1.807) is 0 Å². The van der Waals surface area contributed by atoms with Crippen molar-refractivity contribution in [3.63, 3.8) is 0 Å². The van der Waals surface area contributed by atoms with Crippen molar-refractivity contribution < 1.29 is 23.3 Å². The van der Waals surface area contributed by atoms with Crippen LogP contribution in [-0.4, -0.2) is 57.6 Å². The zero-order valence-corrected chi connectivity index (χ0v) is 22.8. The second-order valence-corrected chi connectivity index (χ2v) is 13.9. The molecular weight excluding hydrogens is 474 g/mol. The Morgan fingerprint density at radius 1 is 1.08 bits per heavy atom. The van der Waals surface area contributed by atoms with Crippen LogP contribution >= 0.6 is 0 Å². The molecule has 0 radical (unpaired) electrons. The summed E-state index contributed by atoms with van der Waals surface area (Å²) in [6.45, 7) is 10.4. The van der Waals surface area contributed by atoms with E-state index in [1.807, 2.05) is 69.4 Å². The number of benzene rings is 2. The van der Waals surface area contributed by atoms with Crippen molar-refractivity contribution in [3.8, 4) is 0 Å². The number of anilines is 1. The molecule has 0 aromatic heterocycles. The van der Waals surface area contributed by atoms with Crippen molar-refractivity contribution in [2.75, 3.05) is 33.1 Å². The van der Waals surface area contributed by atoms with Crippen LogP contribution in [0.4, 0.5) is 14.5 Å². The normalized spacial score (nSPS) is 18.8. The molecule has 2 aromatic rings. The Labute approximate surface area is 211 Å². The standard InChI is InChI=1S/C29H30F2N2O2Si/c1-9-36(8)25-14-23(32(4)5)16(2)10-19(25)27(20-11-17(3)24(33(6)7)15-26(20)36)28-21(30)12-18(29(34)35)13-22(28)31/h9-15H,1H2,2-8H3/p+1. The molecule has 1 atom stereocenters. The van der Waals surface area contributed by atoms with Crippen LogP contribution in [0.5, 0.6) is 0 Å². The lowest BCUT2D eigenvalue weighted by molar-refractivity contribution is -0.463. The Bertz CT molecular complexity index is 1450. The molecule has 1 aliphatic heterocycles. The van der Waals surface area contributed by atoms with E-state index in [1.165, 1.54) is 0 Å². The van der Waals surface area contributed by atoms with Crippen LogP contribution in [0.1, 0.15) is 34.0 Å². The van der Waals surface area contributed by atoms with Gasteiger partial charge in [-0.2, -0.15) is 0 Å². The molecule has 0 saturated carbocycles. The van der Waals surface area contributed by atoms with Crippen LogP contribution in [0, 0.1) is 18.6 Å². The number of halogens is 2. The number of aromatic carboxylic acids is 1. The number of carboxylic acids is 1. The van der Waals surface area contributed by atoms with Crippen LogP contribution in [0.3, 0.4) is 0 Å². The highest BCUT2D eigenvalue weighted by Gasteiger charge is 2.44. The number of hydrogen-bond donors (Lipinski definition) is 1. The van der Waals surface area contributed by atoms with Gasteiger partial charge < -0.3 is 10.0 Å². The fourth-order valence-electron chi connectivity index (χ4n) is 5.34. The summed E-state index contributed by atoms with van der Waals surface area (Å²) in [7, 11) is 5.35. The molecule has 0 amide bonds. The Hall–Kier alpha value is -3.58. The molecule has 0 fully saturated rings. The molecule has 1 unspecified atom stereocenters. The van der Waals surface area contributed by atoms with Crippen LogP contribution in [0.15, 0.2) is 65.0 Å². The smallest absolute Gasteiger partial charge is 0.335 e. The number of aryl methyl sites for hydroxylation is 1. The van der Waals surface area contributed by atoms with Gasteiger partial charge in [0.25, 0.3) is 0 Å². The van der Waals surface area contributed by atoms with Gasteiger partial charge >= 0.3 is 5.97 Å². The molecule has 4 rings (SSSR count). The number of rotatable bonds is 4. The fraction of sp³-hybridized carbons (Fsp3) is 0.241. The molecule has 186 valence electrons. The summed E-state index contributed by atoms with van der Waals surface area (Å²) in [6.07, 6.45) is 4.12. The quantitative estimate of drug-likeness (QED) is 0.470. The first-order valence-corrected chi connectivity index (χ1v) is 14.3. The average molecular weight is 506 g/mol. The van der Waals surface area contributed by atoms with E-state index in [9.17, 15) is 9.90 Å². The monoisotopic (exact) mass is 505 g/mol. The highest BCUT2D eigenvalue weighted by Crippen LogP contribution is 2.45. The van der Waals surface area contributed by atoms with Crippen molar-refractivity contribution in [3.05, 3.63) is 98.9 Å². The van der Waals surface area contributed by atoms with E-state index in [0.29, 0.717) is 5.57 Å². The van der Waals surface area contributed by atoms with E-state index in [4.69, 9.17) is 0 Å². The van der Waals surface area contributed by atoms with E-state index in [-0.39, 0.29) is 5.56 Å². The predicted octanol–water partition coefficient (Wildman–Crippen LogP) is 5.00. The molecule has 36 heavy (non-hydrogen) atoms. The average Bonchev–Trinajstić information content (AvgIpc) is 2.79. The molecule has 4 nitrogen and oxygen atoms in total. The number of fused-ring (bicyclic) bond motifs is 2. The van der Waals surface area contributed by atoms with Crippen molar-refractivity contribution in [1.29, 1.82) is 0 Å². The maximum atomic E-state index is 15.6. The van der Waals surface area contributed by atoms with Gasteiger partial charge in [0.1, 0.15) is 33.8 Å². The molecule has 7 heteroatoms. The van der Waals surface area contributed by atoms with Crippen molar-refractivity contribution >= 4 is 36.2 Å². The van der Waals surface area contributed by atoms with Gasteiger partial charge in [0.05, 0.1) is 11.1 Å². The molecule has 0 bridgehead atoms. The molecule has 1 aliphatic carbocycles. The minimum absolute atomic E-state index is 0.211. The van der Waals surface area contributed by atoms with E-state index >= 15 is 8.78 Å². The van der Waals surface area contributed by atoms with Gasteiger partial charge in [0.15, 0.2) is 0 Å². The second kappa shape index (κ2) is 8.82. The van der Waals surface area contributed by atoms with Gasteiger partial charge in [-0.1, -0.05) is 12.2 Å². The maximum absolute atomic E-state index is 15.6. The minimum Gasteiger partial charge on any atom is -0.478 e. The van der Waals surface area contributed by atoms with Crippen LogP contribution in [0.25, 0.3) is 5.57 Å². The molecule has 0 spiro atoms. The molecule has 0 saturated heterocycles. The van der Waals surface area contributed by atoms with Crippen LogP contribution in [-0.2, 0) is 0 Å². The van der Waals surface area contributed by atoms with Crippen molar-refractivity contribution in [2.24, 2.45) is 0 Å². The van der Waals surface area contributed by atoms with E-state index < -0.39 is 31.2 Å². The Morgan fingerprint density at radius 2 is 1.69 bits per heavy atom. The molecule has 1 N–H and O–H groups in total. The molecule has 2 aliphatic rings. The van der Waals surface area contributed by atoms with Crippen LogP contribution < -0.4 is 10.1 Å². The summed E-state index contributed by atoms with van der Waals surface area (Å²) in [5.41, 5.74) is 7.36. The predicted molar refractivity (Wildman–Crippen MR) is 145 cm³/mol. The Morgan fingerprint density at radius 3 is 2.19 bits per heavy atom. The Kier molecular flexibility index (Phi) is 6.25. The first-order valence-electron chi connectivity index (χ1n) is 11.7. The lowest BCUT2D eigenvalue weighted by Gasteiger charge is -2.39. The summed E-state index contributed by atoms with van der Waals surface area (Å²) in [4.78, 5) is 13.5. The van der Waals surface area contributed by atoms with Gasteiger partial charge in [-0.25, -0.2) is 18.2 Å². The van der Waals surface area contributed by atoms with Crippen molar-refractivity contribution in [1.82, 2.24) is 0 Å². The third kappa shape index (κ3) is 3.78. The molecule has 2 aromatic carbocycles. The highest BCUT2D eigenvalue weighted by atomic mass is 28.3. The summed E-state index contributed by atoms with van der Waals surface area (Å²) in [6, 6.07) is 5.91. The Balaban J connectivity index is 2.23. The zero-order valence-electron chi connectivity index (χ0n) is 21.8. The highest BCUT2D eigenvalue weighted by molar-refractivity contribution is 7.02. The lowest BCUT2D eigenvalue weighted by atomic mass is 9.86. The minimum atomic E-state index is -2.54. The third-order valence-corrected chi connectivity index (χ3v) is 11.1. The number of hydrogen-bond acceptors (Lipinski definition) is 2. The van der Waals surface area contributed by atoms with Gasteiger partial charge in [0.2, 0.25) is 5.71 Å². The summed E-state index contributed by atoms with van der Waals surface area (Å²) in [5, 5.41) is 11.4. The first kappa shape index (κ1) is 25.5. The van der Waals surface area contributed by atoms with Crippen molar-refractivity contribution in [2.45, 2.75) is 20.4 Å². The van der Waals surface area contributed by atoms with Gasteiger partial charge in [-0.05, 0) is 71.3 Å². The fourth-order valence-corrected chi connectivity index (χ4v) is 8.46. The number of allylic oxidation sites excluding steroid dienone is 5. The second-order valence-electron chi connectivity index (χ2n) is 10.1. The lowest BCUT2D eigenvalue weighted by Crippen LogP contribution is -2.51. The van der Waals surface area contributed by atoms with E-state index in [0.717, 1.165) is 56.2 Å². The topological polar surface area (TPSA) is 43.6 Å². The largest absolute Gasteiger partial charge is 0.478 e. The molecule has 1 heterocycles. The number of carbonyl (C=O) groups is 1. The van der Waals surface area contributed by atoms with Gasteiger partial charge in [0, 0.05) is 37.0 Å². The zero-order chi connectivity index (χ0) is 26.7. The first-order chi connectivity index (χ1) is 16.8.